The van der Waals surface area contributed by atoms with Crippen LogP contribution in [0.1, 0.15) is 0 Å². The molecule has 0 atom stereocenters. The molecule has 0 spiro atoms. The Bertz CT molecular complexity index is 2390. The van der Waals surface area contributed by atoms with Crippen molar-refractivity contribution in [2.75, 3.05) is 0 Å². The lowest BCUT2D eigenvalue weighted by Gasteiger charge is -2.11. The van der Waals surface area contributed by atoms with Gasteiger partial charge in [-0.2, -0.15) is 0 Å². The van der Waals surface area contributed by atoms with Crippen LogP contribution in [0.2, 0.25) is 0 Å². The van der Waals surface area contributed by atoms with Gasteiger partial charge in [0, 0.05) is 32.9 Å². The van der Waals surface area contributed by atoms with Crippen molar-refractivity contribution in [1.82, 2.24) is 9.13 Å². The third-order valence-corrected chi connectivity index (χ3v) is 8.73. The smallest absolute Gasteiger partial charge is 0.0547 e. The highest BCUT2D eigenvalue weighted by Gasteiger charge is 2.15. The second-order valence-electron chi connectivity index (χ2n) is 11.0. The number of hydrogen-bond acceptors (Lipinski definition) is 0. The van der Waals surface area contributed by atoms with Gasteiger partial charge >= 0.3 is 0 Å². The molecule has 196 valence electrons. The van der Waals surface area contributed by atoms with Gasteiger partial charge in [-0.05, 0) is 70.4 Å². The molecule has 0 amide bonds. The molecule has 2 heteroatoms. The third-order valence-electron chi connectivity index (χ3n) is 8.73. The summed E-state index contributed by atoms with van der Waals surface area (Å²) in [5, 5.41) is 7.73. The van der Waals surface area contributed by atoms with Crippen LogP contribution in [-0.4, -0.2) is 9.13 Å². The van der Waals surface area contributed by atoms with Crippen molar-refractivity contribution in [3.8, 4) is 22.5 Å². The van der Waals surface area contributed by atoms with E-state index in [2.05, 4.69) is 167 Å². The summed E-state index contributed by atoms with van der Waals surface area (Å²) in [7, 11) is 0. The molecule has 42 heavy (non-hydrogen) atoms. The minimum Gasteiger partial charge on any atom is -0.309 e. The average Bonchev–Trinajstić information content (AvgIpc) is 3.58. The molecule has 7 aromatic carbocycles. The van der Waals surface area contributed by atoms with E-state index in [1.54, 1.807) is 0 Å². The van der Waals surface area contributed by atoms with Crippen molar-refractivity contribution >= 4 is 54.4 Å². The van der Waals surface area contributed by atoms with Gasteiger partial charge in [-0.1, -0.05) is 109 Å². The molecule has 0 fully saturated rings. The predicted molar refractivity (Wildman–Crippen MR) is 178 cm³/mol. The van der Waals surface area contributed by atoms with E-state index >= 15 is 0 Å². The van der Waals surface area contributed by atoms with E-state index in [-0.39, 0.29) is 0 Å². The van der Waals surface area contributed by atoms with E-state index in [9.17, 15) is 0 Å². The number of para-hydroxylation sites is 3. The average molecular weight is 535 g/mol. The van der Waals surface area contributed by atoms with E-state index in [0.29, 0.717) is 0 Å². The summed E-state index contributed by atoms with van der Waals surface area (Å²) in [6.45, 7) is 0. The molecule has 2 aromatic heterocycles. The normalized spacial score (nSPS) is 11.8. The van der Waals surface area contributed by atoms with Crippen LogP contribution in [0, 0.1) is 0 Å². The molecule has 0 saturated heterocycles. The second-order valence-corrected chi connectivity index (χ2v) is 11.0. The first-order valence-corrected chi connectivity index (χ1v) is 14.5. The van der Waals surface area contributed by atoms with Crippen LogP contribution in [0.15, 0.2) is 158 Å². The van der Waals surface area contributed by atoms with E-state index in [4.69, 9.17) is 0 Å². The third kappa shape index (κ3) is 3.33. The lowest BCUT2D eigenvalue weighted by molar-refractivity contribution is 1.18. The number of hydrogen-bond donors (Lipinski definition) is 0. The SMILES string of the molecule is c1ccc2c(c1)ccc1c2c2ccccc2n1-c1ccc(-c2ccc(-n3c4ccccc4c4ccccc43)cc2)cc1. The molecule has 2 nitrogen and oxygen atoms in total. The Morgan fingerprint density at radius 2 is 0.714 bits per heavy atom. The minimum atomic E-state index is 1.17. The predicted octanol–water partition coefficient (Wildman–Crippen LogP) is 10.7. The summed E-state index contributed by atoms with van der Waals surface area (Å²) in [5.41, 5.74) is 9.68. The van der Waals surface area contributed by atoms with Gasteiger partial charge in [-0.15, -0.1) is 0 Å². The second kappa shape index (κ2) is 8.95. The van der Waals surface area contributed by atoms with Crippen molar-refractivity contribution in [1.29, 1.82) is 0 Å². The van der Waals surface area contributed by atoms with Gasteiger partial charge in [0.05, 0.1) is 22.1 Å². The van der Waals surface area contributed by atoms with E-state index in [1.807, 2.05) is 0 Å². The standard InChI is InChI=1S/C40H26N2/c1-2-10-32-29(9-1)21-26-39-40(32)35-13-5-8-16-38(35)42(39)31-24-19-28(20-25-31)27-17-22-30(23-18-27)41-36-14-6-3-11-33(36)34-12-4-7-15-37(34)41/h1-26H. The highest BCUT2D eigenvalue weighted by Crippen LogP contribution is 2.37. The number of aromatic nitrogens is 2. The Kier molecular flexibility index (Phi) is 4.93. The van der Waals surface area contributed by atoms with Gasteiger partial charge < -0.3 is 9.13 Å². The van der Waals surface area contributed by atoms with Crippen molar-refractivity contribution < 1.29 is 0 Å². The van der Waals surface area contributed by atoms with Crippen LogP contribution in [-0.2, 0) is 0 Å². The van der Waals surface area contributed by atoms with E-state index < -0.39 is 0 Å². The Hall–Kier alpha value is -5.60. The molecular formula is C40H26N2. The zero-order chi connectivity index (χ0) is 27.6. The lowest BCUT2D eigenvalue weighted by atomic mass is 10.0. The minimum absolute atomic E-state index is 1.17. The van der Waals surface area contributed by atoms with Crippen LogP contribution >= 0.6 is 0 Å². The van der Waals surface area contributed by atoms with Crippen molar-refractivity contribution in [2.24, 2.45) is 0 Å². The maximum absolute atomic E-state index is 2.40. The molecule has 0 aliphatic heterocycles. The Morgan fingerprint density at radius 1 is 0.286 bits per heavy atom. The zero-order valence-corrected chi connectivity index (χ0v) is 22.9. The van der Waals surface area contributed by atoms with Crippen LogP contribution in [0.4, 0.5) is 0 Å². The molecular weight excluding hydrogens is 508 g/mol. The van der Waals surface area contributed by atoms with E-state index in [1.165, 1.54) is 76.9 Å². The highest BCUT2D eigenvalue weighted by atomic mass is 15.0. The molecule has 9 aromatic rings. The summed E-state index contributed by atoms with van der Waals surface area (Å²) in [4.78, 5) is 0. The summed E-state index contributed by atoms with van der Waals surface area (Å²) in [6, 6.07) is 57.2. The molecule has 0 aliphatic rings. The first-order chi connectivity index (χ1) is 20.8. The zero-order valence-electron chi connectivity index (χ0n) is 22.9. The molecule has 0 radical (unpaired) electrons. The van der Waals surface area contributed by atoms with Crippen molar-refractivity contribution in [2.45, 2.75) is 0 Å². The first kappa shape index (κ1) is 23.1. The fourth-order valence-electron chi connectivity index (χ4n) is 6.82. The molecule has 9 rings (SSSR count). The summed E-state index contributed by atoms with van der Waals surface area (Å²) < 4.78 is 4.76. The maximum Gasteiger partial charge on any atom is 0.0547 e. The summed E-state index contributed by atoms with van der Waals surface area (Å²) in [6.07, 6.45) is 0. The first-order valence-electron chi connectivity index (χ1n) is 14.5. The Balaban J connectivity index is 1.13. The molecule has 0 unspecified atom stereocenters. The summed E-state index contributed by atoms with van der Waals surface area (Å²) in [5.74, 6) is 0. The van der Waals surface area contributed by atoms with Gasteiger partial charge in [-0.25, -0.2) is 0 Å². The molecule has 0 aliphatic carbocycles. The summed E-state index contributed by atoms with van der Waals surface area (Å²) >= 11 is 0. The molecule has 0 N–H and O–H groups in total. The largest absolute Gasteiger partial charge is 0.309 e. The van der Waals surface area contributed by atoms with Crippen LogP contribution in [0.3, 0.4) is 0 Å². The Morgan fingerprint density at radius 3 is 1.29 bits per heavy atom. The number of fused-ring (bicyclic) bond motifs is 8. The van der Waals surface area contributed by atoms with Crippen molar-refractivity contribution in [3.05, 3.63) is 158 Å². The number of rotatable bonds is 3. The number of nitrogens with zero attached hydrogens (tertiary/aromatic N) is 2. The van der Waals surface area contributed by atoms with Gasteiger partial charge in [0.15, 0.2) is 0 Å². The molecule has 0 saturated carbocycles. The molecule has 0 bridgehead atoms. The maximum atomic E-state index is 2.40. The van der Waals surface area contributed by atoms with Gasteiger partial charge in [0.25, 0.3) is 0 Å². The van der Waals surface area contributed by atoms with Gasteiger partial charge in [-0.3, -0.25) is 0 Å². The van der Waals surface area contributed by atoms with Crippen LogP contribution < -0.4 is 0 Å². The van der Waals surface area contributed by atoms with Gasteiger partial charge in [0.2, 0.25) is 0 Å². The van der Waals surface area contributed by atoms with E-state index in [0.717, 1.165) is 0 Å². The topological polar surface area (TPSA) is 9.86 Å². The highest BCUT2D eigenvalue weighted by molar-refractivity contribution is 6.21. The van der Waals surface area contributed by atoms with Crippen LogP contribution in [0.25, 0.3) is 76.9 Å². The Labute approximate surface area is 243 Å². The van der Waals surface area contributed by atoms with Gasteiger partial charge in [0.1, 0.15) is 0 Å². The van der Waals surface area contributed by atoms with Crippen molar-refractivity contribution in [3.63, 3.8) is 0 Å². The fourth-order valence-corrected chi connectivity index (χ4v) is 6.82. The lowest BCUT2D eigenvalue weighted by Crippen LogP contribution is -1.94. The molecule has 2 heterocycles. The fraction of sp³-hybridized carbons (Fsp3) is 0. The number of benzene rings is 7. The monoisotopic (exact) mass is 534 g/mol. The van der Waals surface area contributed by atoms with Crippen LogP contribution in [0.5, 0.6) is 0 Å². The quantitative estimate of drug-likeness (QED) is 0.213.